The van der Waals surface area contributed by atoms with Gasteiger partial charge in [-0.15, -0.1) is 11.8 Å². The van der Waals surface area contributed by atoms with E-state index in [0.29, 0.717) is 5.82 Å². The third-order valence-corrected chi connectivity index (χ3v) is 8.37. The molecule has 2 amide bonds. The third-order valence-electron chi connectivity index (χ3n) is 7.12. The van der Waals surface area contributed by atoms with Crippen molar-refractivity contribution in [2.75, 3.05) is 24.3 Å². The van der Waals surface area contributed by atoms with Crippen LogP contribution in [0.5, 0.6) is 5.75 Å². The maximum absolute atomic E-state index is 13.8. The van der Waals surface area contributed by atoms with Gasteiger partial charge in [0.15, 0.2) is 0 Å². The Kier molecular flexibility index (Phi) is 8.26. The molecule has 0 saturated carbocycles. The normalized spacial score (nSPS) is 15.8. The van der Waals surface area contributed by atoms with Gasteiger partial charge in [-0.05, 0) is 50.1 Å². The topological polar surface area (TPSA) is 76.5 Å². The summed E-state index contributed by atoms with van der Waals surface area (Å²) in [5, 5.41) is 8.00. The molecule has 8 heteroatoms. The average Bonchev–Trinajstić information content (AvgIpc) is 3.30. The quantitative estimate of drug-likeness (QED) is 0.292. The van der Waals surface area contributed by atoms with Crippen molar-refractivity contribution in [3.63, 3.8) is 0 Å². The summed E-state index contributed by atoms with van der Waals surface area (Å²) in [4.78, 5) is 28.6. The van der Waals surface area contributed by atoms with Crippen LogP contribution in [0.4, 0.5) is 5.82 Å². The van der Waals surface area contributed by atoms with Crippen LogP contribution in [-0.2, 0) is 9.59 Å². The van der Waals surface area contributed by atoms with Gasteiger partial charge in [0.05, 0.1) is 29.5 Å². The highest BCUT2D eigenvalue weighted by molar-refractivity contribution is 8.00. The highest BCUT2D eigenvalue weighted by Gasteiger charge is 2.37. The van der Waals surface area contributed by atoms with Crippen LogP contribution in [0.1, 0.15) is 42.2 Å². The van der Waals surface area contributed by atoms with Gasteiger partial charge in [-0.3, -0.25) is 14.5 Å². The fourth-order valence-corrected chi connectivity index (χ4v) is 6.08. The number of rotatable bonds is 8. The van der Waals surface area contributed by atoms with E-state index in [1.807, 2.05) is 74.5 Å². The predicted octanol–water partition coefficient (Wildman–Crippen LogP) is 5.94. The van der Waals surface area contributed by atoms with Gasteiger partial charge in [0.25, 0.3) is 0 Å². The molecular formula is C32H34N4O3S. The maximum Gasteiger partial charge on any atom is 0.240 e. The number of nitrogens with one attached hydrogen (secondary N) is 1. The first-order chi connectivity index (χ1) is 19.4. The minimum absolute atomic E-state index is 0.00912. The zero-order chi connectivity index (χ0) is 28.2. The average molecular weight is 555 g/mol. The fourth-order valence-electron chi connectivity index (χ4n) is 4.89. The van der Waals surface area contributed by atoms with Crippen molar-refractivity contribution in [2.45, 2.75) is 38.5 Å². The number of aromatic nitrogens is 2. The molecule has 0 saturated heterocycles. The molecule has 3 aromatic carbocycles. The smallest absolute Gasteiger partial charge is 0.240 e. The highest BCUT2D eigenvalue weighted by Crippen LogP contribution is 2.48. The molecule has 0 radical (unpaired) electrons. The van der Waals surface area contributed by atoms with Crippen LogP contribution in [0.15, 0.2) is 78.9 Å². The lowest BCUT2D eigenvalue weighted by Gasteiger charge is -2.24. The first-order valence-electron chi connectivity index (χ1n) is 13.5. The second-order valence-corrected chi connectivity index (χ2v) is 11.1. The Hall–Kier alpha value is -4.04. The van der Waals surface area contributed by atoms with Crippen LogP contribution >= 0.6 is 11.8 Å². The first-order valence-corrected chi connectivity index (χ1v) is 14.5. The molecule has 4 aromatic rings. The molecule has 1 aromatic heterocycles. The number of thioether (sulfide) groups is 1. The molecule has 0 fully saturated rings. The lowest BCUT2D eigenvalue weighted by Crippen LogP contribution is -2.44. The van der Waals surface area contributed by atoms with E-state index in [2.05, 4.69) is 30.4 Å². The van der Waals surface area contributed by atoms with Crippen molar-refractivity contribution in [2.24, 2.45) is 0 Å². The summed E-state index contributed by atoms with van der Waals surface area (Å²) < 4.78 is 7.19. The van der Waals surface area contributed by atoms with E-state index in [4.69, 9.17) is 9.84 Å². The lowest BCUT2D eigenvalue weighted by molar-refractivity contribution is -0.123. The fraction of sp³-hybridized carbons (Fsp3) is 0.281. The van der Waals surface area contributed by atoms with Gasteiger partial charge in [0.1, 0.15) is 18.1 Å². The molecule has 2 atom stereocenters. The maximum atomic E-state index is 13.8. The van der Waals surface area contributed by atoms with E-state index >= 15 is 0 Å². The number of aryl methyl sites for hydroxylation is 1. The van der Waals surface area contributed by atoms with E-state index in [1.165, 1.54) is 0 Å². The third kappa shape index (κ3) is 5.63. The molecule has 2 heterocycles. The molecule has 0 spiro atoms. The molecule has 40 heavy (non-hydrogen) atoms. The van der Waals surface area contributed by atoms with Crippen LogP contribution in [0.2, 0.25) is 0 Å². The van der Waals surface area contributed by atoms with Crippen LogP contribution in [0.3, 0.4) is 0 Å². The largest absolute Gasteiger partial charge is 0.497 e. The zero-order valence-electron chi connectivity index (χ0n) is 23.3. The Morgan fingerprint density at radius 3 is 2.52 bits per heavy atom. The van der Waals surface area contributed by atoms with Gasteiger partial charge in [-0.2, -0.15) is 5.10 Å². The van der Waals surface area contributed by atoms with Crippen molar-refractivity contribution in [1.82, 2.24) is 15.1 Å². The summed E-state index contributed by atoms with van der Waals surface area (Å²) in [5.41, 5.74) is 5.66. The molecule has 0 unspecified atom stereocenters. The molecule has 0 bridgehead atoms. The van der Waals surface area contributed by atoms with Crippen LogP contribution in [0, 0.1) is 6.92 Å². The predicted molar refractivity (Wildman–Crippen MR) is 161 cm³/mol. The number of amides is 2. The van der Waals surface area contributed by atoms with Gasteiger partial charge in [0.2, 0.25) is 11.8 Å². The van der Waals surface area contributed by atoms with Gasteiger partial charge in [-0.25, -0.2) is 4.68 Å². The molecule has 1 aliphatic rings. The number of carbonyl (C=O) groups is 2. The summed E-state index contributed by atoms with van der Waals surface area (Å²) >= 11 is 1.57. The zero-order valence-corrected chi connectivity index (χ0v) is 24.1. The monoisotopic (exact) mass is 554 g/mol. The van der Waals surface area contributed by atoms with Crippen molar-refractivity contribution >= 4 is 29.4 Å². The Morgan fingerprint density at radius 2 is 1.85 bits per heavy atom. The molecule has 7 nitrogen and oxygen atoms in total. The van der Waals surface area contributed by atoms with Gasteiger partial charge < -0.3 is 10.1 Å². The number of methoxy groups -OCH3 is 1. The molecule has 5 rings (SSSR count). The van der Waals surface area contributed by atoms with Gasteiger partial charge in [-0.1, -0.05) is 67.1 Å². The Balaban J connectivity index is 1.77. The van der Waals surface area contributed by atoms with Crippen LogP contribution < -0.4 is 15.0 Å². The number of nitrogens with zero attached hydrogens (tertiary/aromatic N) is 3. The second-order valence-electron chi connectivity index (χ2n) is 10.0. The molecule has 1 aliphatic heterocycles. The van der Waals surface area contributed by atoms with E-state index in [1.54, 1.807) is 28.5 Å². The number of anilines is 1. The summed E-state index contributed by atoms with van der Waals surface area (Å²) in [6, 6.07) is 26.0. The second kappa shape index (κ2) is 12.0. The van der Waals surface area contributed by atoms with E-state index in [-0.39, 0.29) is 35.4 Å². The minimum atomic E-state index is -0.198. The summed E-state index contributed by atoms with van der Waals surface area (Å²) in [6.07, 6.45) is 0.804. The van der Waals surface area contributed by atoms with E-state index < -0.39 is 0 Å². The molecule has 1 N–H and O–H groups in total. The van der Waals surface area contributed by atoms with E-state index in [9.17, 15) is 9.59 Å². The lowest BCUT2D eigenvalue weighted by atomic mass is 9.98. The van der Waals surface area contributed by atoms with Gasteiger partial charge >= 0.3 is 0 Å². The van der Waals surface area contributed by atoms with Crippen molar-refractivity contribution < 1.29 is 14.3 Å². The van der Waals surface area contributed by atoms with Crippen molar-refractivity contribution in [1.29, 1.82) is 0 Å². The molecule has 206 valence electrons. The standard InChI is InChI=1S/C32H34N4O3S/c1-5-22(3)33-27(37)19-35-28(38)20-40-31(24-13-9-10-21(2)18-24)29-30(23-11-7-6-8-12-23)34-36(32(29)35)25-14-16-26(39-4)17-15-25/h6-18,22,31H,5,19-20H2,1-4H3,(H,33,37)/t22-,31-/m0/s1. The number of hydrogen-bond acceptors (Lipinski definition) is 5. The SMILES string of the molecule is CC[C@H](C)NC(=O)CN1C(=O)CS[C@@H](c2cccc(C)c2)c2c(-c3ccccc3)nn(-c3ccc(OC)cc3)c21. The van der Waals surface area contributed by atoms with Crippen LogP contribution in [-0.4, -0.2) is 47.0 Å². The van der Waals surface area contributed by atoms with Crippen molar-refractivity contribution in [3.8, 4) is 22.7 Å². The van der Waals surface area contributed by atoms with E-state index in [0.717, 1.165) is 45.8 Å². The Bertz CT molecular complexity index is 1500. The number of carbonyl (C=O) groups excluding carboxylic acids is 2. The van der Waals surface area contributed by atoms with Crippen LogP contribution in [0.25, 0.3) is 16.9 Å². The summed E-state index contributed by atoms with van der Waals surface area (Å²) in [6.45, 7) is 5.97. The number of ether oxygens (including phenoxy) is 1. The van der Waals surface area contributed by atoms with Gasteiger partial charge in [0, 0.05) is 17.2 Å². The molecule has 0 aliphatic carbocycles. The Labute approximate surface area is 239 Å². The number of fused-ring (bicyclic) bond motifs is 1. The number of hydrogen-bond donors (Lipinski definition) is 1. The van der Waals surface area contributed by atoms with Crippen molar-refractivity contribution in [3.05, 3.63) is 95.6 Å². The summed E-state index contributed by atoms with van der Waals surface area (Å²) in [5.74, 6) is 1.25. The Morgan fingerprint density at radius 1 is 1.10 bits per heavy atom. The highest BCUT2D eigenvalue weighted by atomic mass is 32.2. The minimum Gasteiger partial charge on any atom is -0.497 e. The number of benzene rings is 3. The summed E-state index contributed by atoms with van der Waals surface area (Å²) in [7, 11) is 1.63. The molecular weight excluding hydrogens is 520 g/mol. The first kappa shape index (κ1) is 27.5.